The molecule has 0 saturated carbocycles. The van der Waals surface area contributed by atoms with Gasteiger partial charge in [-0.05, 0) is 65.9 Å². The molecule has 1 aliphatic heterocycles. The minimum absolute atomic E-state index is 0.0244. The molecule has 0 radical (unpaired) electrons. The number of Topliss-reactive ketones (excluding diaryl/α,β-unsaturated/α-hetero) is 1. The summed E-state index contributed by atoms with van der Waals surface area (Å²) in [6, 6.07) is 19.3. The summed E-state index contributed by atoms with van der Waals surface area (Å²) in [7, 11) is 1.59. The van der Waals surface area contributed by atoms with E-state index in [1.165, 1.54) is 16.2 Å². The van der Waals surface area contributed by atoms with E-state index in [-0.39, 0.29) is 11.3 Å². The van der Waals surface area contributed by atoms with Crippen LogP contribution >= 0.6 is 11.3 Å². The minimum Gasteiger partial charge on any atom is -0.507 e. The molecule has 1 unspecified atom stereocenters. The van der Waals surface area contributed by atoms with Gasteiger partial charge in [0.25, 0.3) is 5.78 Å². The number of ether oxygens (including phenoxy) is 2. The number of ketones is 1. The number of thiazole rings is 1. The predicted molar refractivity (Wildman–Crippen MR) is 154 cm³/mol. The molecule has 4 aromatic rings. The van der Waals surface area contributed by atoms with Crippen molar-refractivity contribution in [3.8, 4) is 11.5 Å². The van der Waals surface area contributed by atoms with Crippen LogP contribution in [0.2, 0.25) is 0 Å². The second-order valence-electron chi connectivity index (χ2n) is 9.69. The number of aliphatic hydroxyl groups is 1. The number of hydrogen-bond donors (Lipinski definition) is 1. The number of aromatic nitrogens is 1. The molecule has 1 N–H and O–H groups in total. The van der Waals surface area contributed by atoms with Gasteiger partial charge in [0.05, 0.1) is 35.5 Å². The fourth-order valence-corrected chi connectivity index (χ4v) is 5.64. The van der Waals surface area contributed by atoms with Gasteiger partial charge in [0.2, 0.25) is 0 Å². The molecular formula is C31H30N2O5S. The molecule has 1 amide bonds. The largest absolute Gasteiger partial charge is 0.507 e. The summed E-state index contributed by atoms with van der Waals surface area (Å²) in [5, 5.41) is 11.8. The first-order valence-electron chi connectivity index (χ1n) is 12.9. The zero-order valence-electron chi connectivity index (χ0n) is 22.3. The molecule has 1 aliphatic rings. The molecule has 1 aromatic heterocycles. The van der Waals surface area contributed by atoms with Crippen molar-refractivity contribution in [2.24, 2.45) is 0 Å². The number of carbonyl (C=O) groups is 2. The van der Waals surface area contributed by atoms with Gasteiger partial charge in [0.15, 0.2) is 5.13 Å². The van der Waals surface area contributed by atoms with Gasteiger partial charge in [-0.3, -0.25) is 14.5 Å². The Hall–Kier alpha value is -4.17. The Balaban J connectivity index is 1.64. The summed E-state index contributed by atoms with van der Waals surface area (Å²) in [4.78, 5) is 33.1. The van der Waals surface area contributed by atoms with E-state index in [4.69, 9.17) is 9.47 Å². The summed E-state index contributed by atoms with van der Waals surface area (Å²) in [5.74, 6) is -0.0692. The number of benzene rings is 3. The van der Waals surface area contributed by atoms with Crippen LogP contribution in [0.4, 0.5) is 5.13 Å². The molecule has 0 bridgehead atoms. The normalized spacial score (nSPS) is 16.8. The molecule has 39 heavy (non-hydrogen) atoms. The average molecular weight is 543 g/mol. The molecule has 0 spiro atoms. The topological polar surface area (TPSA) is 89.0 Å². The van der Waals surface area contributed by atoms with E-state index in [0.29, 0.717) is 45.8 Å². The van der Waals surface area contributed by atoms with Crippen LogP contribution in [0, 0.1) is 0 Å². The highest BCUT2D eigenvalue weighted by Crippen LogP contribution is 2.45. The zero-order valence-corrected chi connectivity index (χ0v) is 23.1. The van der Waals surface area contributed by atoms with Gasteiger partial charge >= 0.3 is 5.91 Å². The quantitative estimate of drug-likeness (QED) is 0.149. The van der Waals surface area contributed by atoms with Crippen molar-refractivity contribution in [1.82, 2.24) is 4.98 Å². The predicted octanol–water partition coefficient (Wildman–Crippen LogP) is 6.84. The first-order valence-corrected chi connectivity index (χ1v) is 13.7. The Bertz CT molecular complexity index is 1550. The lowest BCUT2D eigenvalue weighted by Crippen LogP contribution is -2.29. The minimum atomic E-state index is -0.843. The Morgan fingerprint density at radius 3 is 2.36 bits per heavy atom. The van der Waals surface area contributed by atoms with Gasteiger partial charge in [0.1, 0.15) is 17.3 Å². The van der Waals surface area contributed by atoms with Crippen LogP contribution in [0.15, 0.2) is 72.3 Å². The SMILES string of the molecule is CCCOc1ccc(C(O)=C2C(=O)C(=O)N(c3nc4ccc(OC)cc4s3)C2c2ccc(C(C)C)cc2)cc1. The maximum absolute atomic E-state index is 13.5. The summed E-state index contributed by atoms with van der Waals surface area (Å²) >= 11 is 1.30. The van der Waals surface area contributed by atoms with Crippen molar-refractivity contribution < 1.29 is 24.2 Å². The van der Waals surface area contributed by atoms with Crippen LogP contribution in [-0.4, -0.2) is 35.5 Å². The van der Waals surface area contributed by atoms with Crippen molar-refractivity contribution in [2.45, 2.75) is 39.2 Å². The monoisotopic (exact) mass is 542 g/mol. The molecule has 8 heteroatoms. The van der Waals surface area contributed by atoms with Crippen LogP contribution in [0.1, 0.15) is 55.8 Å². The van der Waals surface area contributed by atoms with Crippen molar-refractivity contribution in [3.05, 3.63) is 89.0 Å². The summed E-state index contributed by atoms with van der Waals surface area (Å²) < 4.78 is 11.8. The third-order valence-corrected chi connectivity index (χ3v) is 7.77. The number of nitrogens with zero attached hydrogens (tertiary/aromatic N) is 2. The highest BCUT2D eigenvalue weighted by Gasteiger charge is 2.48. The smallest absolute Gasteiger partial charge is 0.301 e. The fraction of sp³-hybridized carbons (Fsp3) is 0.258. The molecule has 5 rings (SSSR count). The lowest BCUT2D eigenvalue weighted by molar-refractivity contribution is -0.132. The second kappa shape index (κ2) is 10.9. The highest BCUT2D eigenvalue weighted by atomic mass is 32.1. The summed E-state index contributed by atoms with van der Waals surface area (Å²) in [6.45, 7) is 6.81. The lowest BCUT2D eigenvalue weighted by atomic mass is 9.93. The summed E-state index contributed by atoms with van der Waals surface area (Å²) in [6.07, 6.45) is 0.874. The zero-order chi connectivity index (χ0) is 27.7. The summed E-state index contributed by atoms with van der Waals surface area (Å²) in [5.41, 5.74) is 2.98. The molecule has 1 saturated heterocycles. The number of methoxy groups -OCH3 is 1. The Morgan fingerprint density at radius 2 is 1.72 bits per heavy atom. The van der Waals surface area contributed by atoms with E-state index in [0.717, 1.165) is 16.7 Å². The number of fused-ring (bicyclic) bond motifs is 1. The van der Waals surface area contributed by atoms with Gasteiger partial charge in [-0.15, -0.1) is 0 Å². The fourth-order valence-electron chi connectivity index (χ4n) is 4.62. The number of amides is 1. The van der Waals surface area contributed by atoms with Crippen LogP contribution < -0.4 is 14.4 Å². The van der Waals surface area contributed by atoms with Crippen molar-refractivity contribution in [2.75, 3.05) is 18.6 Å². The number of hydrogen-bond acceptors (Lipinski definition) is 7. The number of anilines is 1. The van der Waals surface area contributed by atoms with Crippen molar-refractivity contribution in [3.63, 3.8) is 0 Å². The molecule has 0 aliphatic carbocycles. The van der Waals surface area contributed by atoms with Gasteiger partial charge in [-0.1, -0.05) is 56.4 Å². The standard InChI is InChI=1S/C31H30N2O5S/c1-5-16-38-22-12-10-21(11-13-22)28(34)26-27(20-8-6-19(7-9-20)18(2)3)33(30(36)29(26)35)31-32-24-15-14-23(37-4)17-25(24)39-31/h6-15,17-18,27,34H,5,16H2,1-4H3. The van der Waals surface area contributed by atoms with Crippen molar-refractivity contribution in [1.29, 1.82) is 0 Å². The number of carbonyl (C=O) groups excluding carboxylic acids is 2. The van der Waals surface area contributed by atoms with Gasteiger partial charge in [0, 0.05) is 5.56 Å². The van der Waals surface area contributed by atoms with Crippen LogP contribution in [0.3, 0.4) is 0 Å². The van der Waals surface area contributed by atoms with Gasteiger partial charge in [-0.2, -0.15) is 0 Å². The van der Waals surface area contributed by atoms with E-state index in [1.807, 2.05) is 43.3 Å². The first kappa shape index (κ1) is 26.4. The maximum atomic E-state index is 13.5. The Labute approximate surface area is 231 Å². The van der Waals surface area contributed by atoms with Crippen LogP contribution in [0.5, 0.6) is 11.5 Å². The van der Waals surface area contributed by atoms with Gasteiger partial charge in [-0.25, -0.2) is 4.98 Å². The number of rotatable bonds is 8. The Kier molecular flexibility index (Phi) is 7.39. The highest BCUT2D eigenvalue weighted by molar-refractivity contribution is 7.22. The average Bonchev–Trinajstić information content (AvgIpc) is 3.49. The molecular weight excluding hydrogens is 512 g/mol. The number of aliphatic hydroxyl groups excluding tert-OH is 1. The first-order chi connectivity index (χ1) is 18.8. The molecule has 3 aromatic carbocycles. The maximum Gasteiger partial charge on any atom is 0.301 e. The lowest BCUT2D eigenvalue weighted by Gasteiger charge is -2.23. The van der Waals surface area contributed by atoms with E-state index >= 15 is 0 Å². The van der Waals surface area contributed by atoms with Crippen molar-refractivity contribution >= 4 is 44.1 Å². The van der Waals surface area contributed by atoms with E-state index in [1.54, 1.807) is 37.4 Å². The molecule has 2 heterocycles. The van der Waals surface area contributed by atoms with Gasteiger partial charge < -0.3 is 14.6 Å². The third kappa shape index (κ3) is 5.00. The second-order valence-corrected chi connectivity index (χ2v) is 10.7. The van der Waals surface area contributed by atoms with Crippen LogP contribution in [0.25, 0.3) is 16.0 Å². The molecule has 1 atom stereocenters. The third-order valence-electron chi connectivity index (χ3n) is 6.75. The Morgan fingerprint density at radius 1 is 1.03 bits per heavy atom. The van der Waals surface area contributed by atoms with E-state index in [9.17, 15) is 14.7 Å². The van der Waals surface area contributed by atoms with Crippen LogP contribution in [-0.2, 0) is 9.59 Å². The molecule has 1 fully saturated rings. The van der Waals surface area contributed by atoms with E-state index in [2.05, 4.69) is 18.8 Å². The molecule has 200 valence electrons. The molecule has 7 nitrogen and oxygen atoms in total. The van der Waals surface area contributed by atoms with E-state index < -0.39 is 17.7 Å².